The predicted molar refractivity (Wildman–Crippen MR) is 142 cm³/mol. The Kier molecular flexibility index (Phi) is 7.45. The number of nitrogens with zero attached hydrogens (tertiary/aromatic N) is 3. The van der Waals surface area contributed by atoms with E-state index < -0.39 is 21.3 Å². The van der Waals surface area contributed by atoms with Gasteiger partial charge in [0.25, 0.3) is 5.56 Å². The Morgan fingerprint density at radius 3 is 2.55 bits per heavy atom. The fourth-order valence-corrected chi connectivity index (χ4v) is 5.82. The molecule has 1 saturated heterocycles. The summed E-state index contributed by atoms with van der Waals surface area (Å²) in [6.07, 6.45) is 1.30. The Morgan fingerprint density at radius 1 is 1.05 bits per heavy atom. The zero-order chi connectivity index (χ0) is 26.7. The summed E-state index contributed by atoms with van der Waals surface area (Å²) in [7, 11) is -3.79. The third-order valence-corrected chi connectivity index (χ3v) is 8.27. The highest BCUT2D eigenvalue weighted by Gasteiger charge is 2.28. The maximum absolute atomic E-state index is 13.3. The van der Waals surface area contributed by atoms with Crippen LogP contribution >= 0.6 is 0 Å². The van der Waals surface area contributed by atoms with E-state index in [2.05, 4.69) is 15.0 Å². The fraction of sp³-hybridized carbons (Fsp3) is 0.346. The van der Waals surface area contributed by atoms with Crippen molar-refractivity contribution in [1.82, 2.24) is 23.8 Å². The second-order valence-corrected chi connectivity index (χ2v) is 10.9. The SMILES string of the molecule is CCCOc1ccc(S(=O)(=O)N2CCOCC2)cc1-c1nc2c([nH]1)c(=O)[nH]c(=O)n2CCc1ccccc1. The molecule has 4 aromatic rings. The number of benzene rings is 2. The molecule has 0 spiro atoms. The number of imidazole rings is 1. The minimum absolute atomic E-state index is 0.0779. The molecule has 2 aromatic carbocycles. The summed E-state index contributed by atoms with van der Waals surface area (Å²) in [5.74, 6) is 0.649. The van der Waals surface area contributed by atoms with Gasteiger partial charge in [-0.2, -0.15) is 4.31 Å². The smallest absolute Gasteiger partial charge is 0.330 e. The molecule has 38 heavy (non-hydrogen) atoms. The van der Waals surface area contributed by atoms with Gasteiger partial charge in [0.1, 0.15) is 17.1 Å². The number of aryl methyl sites for hydroxylation is 2. The van der Waals surface area contributed by atoms with Crippen LogP contribution in [-0.4, -0.2) is 65.2 Å². The molecule has 11 nitrogen and oxygen atoms in total. The van der Waals surface area contributed by atoms with Gasteiger partial charge in [0.2, 0.25) is 10.0 Å². The van der Waals surface area contributed by atoms with Crippen LogP contribution in [0.1, 0.15) is 18.9 Å². The highest BCUT2D eigenvalue weighted by Crippen LogP contribution is 2.33. The number of fused-ring (bicyclic) bond motifs is 1. The predicted octanol–water partition coefficient (Wildman–Crippen LogP) is 2.13. The van der Waals surface area contributed by atoms with Crippen LogP contribution in [0.25, 0.3) is 22.6 Å². The van der Waals surface area contributed by atoms with Crippen molar-refractivity contribution in [3.63, 3.8) is 0 Å². The lowest BCUT2D eigenvalue weighted by Gasteiger charge is -2.26. The molecule has 2 N–H and O–H groups in total. The third kappa shape index (κ3) is 5.15. The Balaban J connectivity index is 1.59. The van der Waals surface area contributed by atoms with Gasteiger partial charge in [-0.15, -0.1) is 0 Å². The molecule has 1 aliphatic rings. The lowest BCUT2D eigenvalue weighted by molar-refractivity contribution is 0.0730. The summed E-state index contributed by atoms with van der Waals surface area (Å²) in [6.45, 7) is 3.85. The van der Waals surface area contributed by atoms with E-state index in [1.54, 1.807) is 6.07 Å². The molecule has 0 aliphatic carbocycles. The first-order valence-electron chi connectivity index (χ1n) is 12.5. The molecule has 0 atom stereocenters. The van der Waals surface area contributed by atoms with Gasteiger partial charge in [-0.1, -0.05) is 37.3 Å². The maximum atomic E-state index is 13.3. The molecule has 2 aromatic heterocycles. The number of hydrogen-bond acceptors (Lipinski definition) is 7. The minimum atomic E-state index is -3.79. The van der Waals surface area contributed by atoms with Crippen molar-refractivity contribution in [2.24, 2.45) is 0 Å². The molecule has 0 saturated carbocycles. The van der Waals surface area contributed by atoms with Gasteiger partial charge in [-0.25, -0.2) is 18.2 Å². The van der Waals surface area contributed by atoms with Crippen molar-refractivity contribution in [3.05, 3.63) is 74.9 Å². The van der Waals surface area contributed by atoms with Crippen LogP contribution in [0.15, 0.2) is 63.0 Å². The van der Waals surface area contributed by atoms with E-state index in [0.29, 0.717) is 44.1 Å². The van der Waals surface area contributed by atoms with Gasteiger partial charge >= 0.3 is 5.69 Å². The third-order valence-electron chi connectivity index (χ3n) is 6.38. The molecule has 3 heterocycles. The van der Waals surface area contributed by atoms with Crippen LogP contribution in [0, 0.1) is 0 Å². The zero-order valence-corrected chi connectivity index (χ0v) is 21.8. The lowest BCUT2D eigenvalue weighted by Crippen LogP contribution is -2.40. The van der Waals surface area contributed by atoms with E-state index in [-0.39, 0.29) is 35.0 Å². The maximum Gasteiger partial charge on any atom is 0.330 e. The molecule has 5 rings (SSSR count). The summed E-state index contributed by atoms with van der Waals surface area (Å²) in [6, 6.07) is 14.3. The van der Waals surface area contributed by atoms with Gasteiger partial charge in [0.15, 0.2) is 5.65 Å². The van der Waals surface area contributed by atoms with Gasteiger partial charge in [0.05, 0.1) is 30.3 Å². The Hall–Kier alpha value is -3.74. The number of ether oxygens (including phenoxy) is 2. The van der Waals surface area contributed by atoms with Crippen LogP contribution in [-0.2, 0) is 27.7 Å². The zero-order valence-electron chi connectivity index (χ0n) is 21.0. The number of rotatable bonds is 9. The first-order chi connectivity index (χ1) is 18.4. The monoisotopic (exact) mass is 539 g/mol. The highest BCUT2D eigenvalue weighted by molar-refractivity contribution is 7.89. The van der Waals surface area contributed by atoms with E-state index in [0.717, 1.165) is 12.0 Å². The Bertz CT molecular complexity index is 1650. The van der Waals surface area contributed by atoms with Crippen molar-refractivity contribution in [1.29, 1.82) is 0 Å². The van der Waals surface area contributed by atoms with Crippen molar-refractivity contribution in [2.75, 3.05) is 32.9 Å². The van der Waals surface area contributed by atoms with Gasteiger partial charge in [-0.05, 0) is 36.6 Å². The van der Waals surface area contributed by atoms with Crippen LogP contribution in [0.4, 0.5) is 0 Å². The van der Waals surface area contributed by atoms with E-state index in [1.807, 2.05) is 37.3 Å². The van der Waals surface area contributed by atoms with Gasteiger partial charge < -0.3 is 14.5 Å². The first kappa shape index (κ1) is 25.9. The molecule has 0 amide bonds. The van der Waals surface area contributed by atoms with Crippen molar-refractivity contribution in [2.45, 2.75) is 31.2 Å². The first-order valence-corrected chi connectivity index (χ1v) is 13.9. The van der Waals surface area contributed by atoms with Crippen molar-refractivity contribution < 1.29 is 17.9 Å². The molecule has 0 radical (unpaired) electrons. The van der Waals surface area contributed by atoms with Crippen LogP contribution in [0.2, 0.25) is 0 Å². The molecule has 1 fully saturated rings. The number of morpholine rings is 1. The topological polar surface area (TPSA) is 139 Å². The van der Waals surface area contributed by atoms with Crippen molar-refractivity contribution >= 4 is 21.2 Å². The Morgan fingerprint density at radius 2 is 1.82 bits per heavy atom. The van der Waals surface area contributed by atoms with E-state index in [4.69, 9.17) is 9.47 Å². The summed E-state index contributed by atoms with van der Waals surface area (Å²) in [5, 5.41) is 0. The number of nitrogens with one attached hydrogen (secondary N) is 2. The molecular formula is C26H29N5O6S. The average molecular weight is 540 g/mol. The molecule has 1 aliphatic heterocycles. The number of H-pyrrole nitrogens is 2. The van der Waals surface area contributed by atoms with Gasteiger partial charge in [-0.3, -0.25) is 14.3 Å². The number of aromatic nitrogens is 4. The number of aromatic amines is 2. The fourth-order valence-electron chi connectivity index (χ4n) is 4.39. The lowest BCUT2D eigenvalue weighted by atomic mass is 10.1. The largest absolute Gasteiger partial charge is 0.493 e. The van der Waals surface area contributed by atoms with E-state index >= 15 is 0 Å². The molecule has 0 unspecified atom stereocenters. The van der Waals surface area contributed by atoms with Crippen molar-refractivity contribution in [3.8, 4) is 17.1 Å². The van der Waals surface area contributed by atoms with Crippen LogP contribution in [0.5, 0.6) is 5.75 Å². The van der Waals surface area contributed by atoms with Gasteiger partial charge in [0, 0.05) is 19.6 Å². The van der Waals surface area contributed by atoms with Crippen LogP contribution in [0.3, 0.4) is 0 Å². The summed E-state index contributed by atoms with van der Waals surface area (Å²) in [5.41, 5.74) is 0.551. The number of sulfonamides is 1. The minimum Gasteiger partial charge on any atom is -0.493 e. The highest BCUT2D eigenvalue weighted by atomic mass is 32.2. The summed E-state index contributed by atoms with van der Waals surface area (Å²) < 4.78 is 40.7. The second kappa shape index (κ2) is 10.9. The second-order valence-electron chi connectivity index (χ2n) is 8.95. The standard InChI is InChI=1S/C26H29N5O6S/c1-2-14-37-21-9-8-19(38(34,35)30-12-15-36-16-13-30)17-20(21)23-27-22-24(28-23)31(26(33)29-25(22)32)11-10-18-6-4-3-5-7-18/h3-9,17H,2,10-16H2,1H3,(H,27,28)(H,29,32,33). The molecular weight excluding hydrogens is 510 g/mol. The normalized spacial score (nSPS) is 14.7. The molecule has 0 bridgehead atoms. The van der Waals surface area contributed by atoms with E-state index in [9.17, 15) is 18.0 Å². The molecule has 200 valence electrons. The average Bonchev–Trinajstić information content (AvgIpc) is 3.38. The number of hydrogen-bond donors (Lipinski definition) is 2. The summed E-state index contributed by atoms with van der Waals surface area (Å²) in [4.78, 5) is 35.4. The summed E-state index contributed by atoms with van der Waals surface area (Å²) >= 11 is 0. The molecule has 12 heteroatoms. The van der Waals surface area contributed by atoms with Crippen LogP contribution < -0.4 is 16.0 Å². The Labute approximate surface area is 219 Å². The quantitative estimate of drug-likeness (QED) is 0.332. The van der Waals surface area contributed by atoms with E-state index in [1.165, 1.54) is 21.0 Å².